The Hall–Kier alpha value is -2.60. The molecular weight excluding hydrogens is 382 g/mol. The van der Waals surface area contributed by atoms with Gasteiger partial charge in [0, 0.05) is 12.6 Å². The number of nitrogens with zero attached hydrogens (tertiary/aromatic N) is 2. The number of fused-ring (bicyclic) bond motifs is 1. The number of carbonyl (C=O) groups excluding carboxylic acids is 1. The van der Waals surface area contributed by atoms with Gasteiger partial charge in [-0.3, -0.25) is 14.2 Å². The first-order valence-electron chi connectivity index (χ1n) is 10.00. The molecule has 1 N–H and O–H groups in total. The van der Waals surface area contributed by atoms with Crippen molar-refractivity contribution < 1.29 is 4.79 Å². The minimum absolute atomic E-state index is 0.0411. The van der Waals surface area contributed by atoms with Gasteiger partial charge in [0.1, 0.15) is 0 Å². The quantitative estimate of drug-likeness (QED) is 0.451. The van der Waals surface area contributed by atoms with Crippen LogP contribution in [0, 0.1) is 0 Å². The maximum atomic E-state index is 12.7. The molecule has 2 atom stereocenters. The van der Waals surface area contributed by atoms with Crippen LogP contribution < -0.4 is 10.9 Å². The van der Waals surface area contributed by atoms with E-state index in [2.05, 4.69) is 22.4 Å². The van der Waals surface area contributed by atoms with E-state index in [-0.39, 0.29) is 22.8 Å². The van der Waals surface area contributed by atoms with Crippen LogP contribution in [0.3, 0.4) is 0 Å². The van der Waals surface area contributed by atoms with Crippen LogP contribution in [0.4, 0.5) is 0 Å². The third kappa shape index (κ3) is 5.26. The number of rotatable bonds is 8. The molecule has 0 bridgehead atoms. The van der Waals surface area contributed by atoms with Gasteiger partial charge in [0.25, 0.3) is 5.56 Å². The standard InChI is InChI=1S/C23H27N3O2S/c1-4-26-22(28)19-12-8-9-13-20(19)25-23(26)29-17(3)21(27)24-16(2)14-15-18-10-6-5-7-11-18/h5-13,16-17H,4,14-15H2,1-3H3,(H,24,27). The minimum atomic E-state index is -0.347. The summed E-state index contributed by atoms with van der Waals surface area (Å²) >= 11 is 1.33. The molecular formula is C23H27N3O2S. The molecule has 1 amide bonds. The second-order valence-electron chi connectivity index (χ2n) is 7.15. The molecule has 6 heteroatoms. The summed E-state index contributed by atoms with van der Waals surface area (Å²) in [5.74, 6) is -0.0411. The zero-order valence-corrected chi connectivity index (χ0v) is 17.9. The fourth-order valence-electron chi connectivity index (χ4n) is 3.19. The summed E-state index contributed by atoms with van der Waals surface area (Å²) in [6.45, 7) is 6.30. The van der Waals surface area contributed by atoms with E-state index in [1.54, 1.807) is 10.6 Å². The largest absolute Gasteiger partial charge is 0.353 e. The third-order valence-corrected chi connectivity index (χ3v) is 5.98. The molecule has 2 unspecified atom stereocenters. The SMILES string of the molecule is CCn1c(SC(C)C(=O)NC(C)CCc2ccccc2)nc2ccccc2c1=O. The van der Waals surface area contributed by atoms with Gasteiger partial charge in [-0.15, -0.1) is 0 Å². The van der Waals surface area contributed by atoms with E-state index < -0.39 is 0 Å². The fourth-order valence-corrected chi connectivity index (χ4v) is 4.17. The molecule has 1 aromatic heterocycles. The molecule has 0 radical (unpaired) electrons. The number of thioether (sulfide) groups is 1. The van der Waals surface area contributed by atoms with E-state index in [1.807, 2.05) is 57.2 Å². The van der Waals surface area contributed by atoms with Crippen LogP contribution in [0.2, 0.25) is 0 Å². The maximum Gasteiger partial charge on any atom is 0.262 e. The van der Waals surface area contributed by atoms with E-state index in [0.717, 1.165) is 12.8 Å². The van der Waals surface area contributed by atoms with Crippen LogP contribution >= 0.6 is 11.8 Å². The highest BCUT2D eigenvalue weighted by Crippen LogP contribution is 2.22. The van der Waals surface area contributed by atoms with Crippen molar-refractivity contribution in [2.45, 2.75) is 56.6 Å². The third-order valence-electron chi connectivity index (χ3n) is 4.89. The van der Waals surface area contributed by atoms with E-state index in [0.29, 0.717) is 22.6 Å². The number of hydrogen-bond acceptors (Lipinski definition) is 4. The summed E-state index contributed by atoms with van der Waals surface area (Å²) in [5, 5.41) is 3.92. The number of para-hydroxylation sites is 1. The molecule has 152 valence electrons. The first-order valence-corrected chi connectivity index (χ1v) is 10.9. The second-order valence-corrected chi connectivity index (χ2v) is 8.46. The average Bonchev–Trinajstić information content (AvgIpc) is 2.73. The van der Waals surface area contributed by atoms with Gasteiger partial charge in [-0.2, -0.15) is 0 Å². The van der Waals surface area contributed by atoms with Crippen LogP contribution in [-0.2, 0) is 17.8 Å². The normalized spacial score (nSPS) is 13.2. The van der Waals surface area contributed by atoms with Crippen molar-refractivity contribution >= 4 is 28.6 Å². The number of amides is 1. The Bertz CT molecular complexity index is 1030. The Labute approximate surface area is 175 Å². The molecule has 0 fully saturated rings. The number of nitrogens with one attached hydrogen (secondary N) is 1. The molecule has 3 aromatic rings. The fraction of sp³-hybridized carbons (Fsp3) is 0.348. The summed E-state index contributed by atoms with van der Waals surface area (Å²) < 4.78 is 1.63. The topological polar surface area (TPSA) is 64.0 Å². The van der Waals surface area contributed by atoms with Gasteiger partial charge in [0.2, 0.25) is 5.91 Å². The lowest BCUT2D eigenvalue weighted by Gasteiger charge is -2.18. The summed E-state index contributed by atoms with van der Waals surface area (Å²) in [6, 6.07) is 17.7. The number of carbonyl (C=O) groups is 1. The molecule has 0 aliphatic heterocycles. The number of aryl methyl sites for hydroxylation is 1. The molecule has 0 saturated carbocycles. The van der Waals surface area contributed by atoms with Gasteiger partial charge >= 0.3 is 0 Å². The van der Waals surface area contributed by atoms with Crippen molar-refractivity contribution in [2.24, 2.45) is 0 Å². The summed E-state index contributed by atoms with van der Waals surface area (Å²) in [6.07, 6.45) is 1.80. The molecule has 2 aromatic carbocycles. The Morgan fingerprint density at radius 3 is 2.52 bits per heavy atom. The van der Waals surface area contributed by atoms with Crippen molar-refractivity contribution in [3.05, 3.63) is 70.5 Å². The Morgan fingerprint density at radius 1 is 1.10 bits per heavy atom. The van der Waals surface area contributed by atoms with Gasteiger partial charge in [-0.05, 0) is 51.3 Å². The average molecular weight is 410 g/mol. The van der Waals surface area contributed by atoms with Crippen LogP contribution in [0.15, 0.2) is 64.5 Å². The van der Waals surface area contributed by atoms with E-state index in [4.69, 9.17) is 0 Å². The van der Waals surface area contributed by atoms with Crippen LogP contribution in [0.25, 0.3) is 10.9 Å². The Morgan fingerprint density at radius 2 is 1.79 bits per heavy atom. The molecule has 5 nitrogen and oxygen atoms in total. The predicted octanol–water partition coefficient (Wildman–Crippen LogP) is 4.03. The van der Waals surface area contributed by atoms with Crippen molar-refractivity contribution in [1.82, 2.24) is 14.9 Å². The summed E-state index contributed by atoms with van der Waals surface area (Å²) in [4.78, 5) is 30.0. The van der Waals surface area contributed by atoms with Crippen molar-refractivity contribution in [3.63, 3.8) is 0 Å². The van der Waals surface area contributed by atoms with Gasteiger partial charge in [0.05, 0.1) is 16.2 Å². The number of hydrogen-bond donors (Lipinski definition) is 1. The first-order chi connectivity index (χ1) is 14.0. The smallest absolute Gasteiger partial charge is 0.262 e. The molecule has 0 aliphatic carbocycles. The van der Waals surface area contributed by atoms with Crippen molar-refractivity contribution in [3.8, 4) is 0 Å². The number of benzene rings is 2. The van der Waals surface area contributed by atoms with Crippen LogP contribution in [-0.4, -0.2) is 26.8 Å². The predicted molar refractivity (Wildman–Crippen MR) is 119 cm³/mol. The molecule has 0 saturated heterocycles. The summed E-state index contributed by atoms with van der Waals surface area (Å²) in [5.41, 5.74) is 1.86. The van der Waals surface area contributed by atoms with Gasteiger partial charge in [-0.1, -0.05) is 54.2 Å². The van der Waals surface area contributed by atoms with Crippen LogP contribution in [0.5, 0.6) is 0 Å². The van der Waals surface area contributed by atoms with E-state index in [1.165, 1.54) is 17.3 Å². The molecule has 3 rings (SSSR count). The van der Waals surface area contributed by atoms with Gasteiger partial charge < -0.3 is 5.32 Å². The maximum absolute atomic E-state index is 12.7. The molecule has 0 spiro atoms. The van der Waals surface area contributed by atoms with Crippen molar-refractivity contribution in [1.29, 1.82) is 0 Å². The Kier molecular flexibility index (Phi) is 7.09. The van der Waals surface area contributed by atoms with Gasteiger partial charge in [0.15, 0.2) is 5.16 Å². The molecule has 1 heterocycles. The van der Waals surface area contributed by atoms with E-state index in [9.17, 15) is 9.59 Å². The number of aromatic nitrogens is 2. The lowest BCUT2D eigenvalue weighted by molar-refractivity contribution is -0.120. The molecule has 0 aliphatic rings. The highest BCUT2D eigenvalue weighted by atomic mass is 32.2. The first kappa shape index (κ1) is 21.1. The minimum Gasteiger partial charge on any atom is -0.353 e. The second kappa shape index (κ2) is 9.74. The monoisotopic (exact) mass is 409 g/mol. The highest BCUT2D eigenvalue weighted by molar-refractivity contribution is 8.00. The highest BCUT2D eigenvalue weighted by Gasteiger charge is 2.20. The zero-order chi connectivity index (χ0) is 20.8. The lowest BCUT2D eigenvalue weighted by atomic mass is 10.1. The van der Waals surface area contributed by atoms with Gasteiger partial charge in [-0.25, -0.2) is 4.98 Å². The lowest BCUT2D eigenvalue weighted by Crippen LogP contribution is -2.38. The molecule has 29 heavy (non-hydrogen) atoms. The Balaban J connectivity index is 1.65. The van der Waals surface area contributed by atoms with Crippen LogP contribution in [0.1, 0.15) is 32.8 Å². The van der Waals surface area contributed by atoms with Crippen molar-refractivity contribution in [2.75, 3.05) is 0 Å². The van der Waals surface area contributed by atoms with E-state index >= 15 is 0 Å². The summed E-state index contributed by atoms with van der Waals surface area (Å²) in [7, 11) is 0. The zero-order valence-electron chi connectivity index (χ0n) is 17.1.